The van der Waals surface area contributed by atoms with Gasteiger partial charge in [0, 0.05) is 6.54 Å². The van der Waals surface area contributed by atoms with Crippen LogP contribution in [0.4, 0.5) is 0 Å². The number of para-hydroxylation sites is 1. The van der Waals surface area contributed by atoms with E-state index in [1.807, 2.05) is 24.3 Å². The molecule has 0 spiro atoms. The van der Waals surface area contributed by atoms with Gasteiger partial charge in [-0.2, -0.15) is 0 Å². The molecule has 2 nitrogen and oxygen atoms in total. The molecule has 0 heterocycles. The zero-order chi connectivity index (χ0) is 14.1. The van der Waals surface area contributed by atoms with Crippen LogP contribution in [0.5, 0.6) is 5.75 Å². The Balaban J connectivity index is 2.39. The van der Waals surface area contributed by atoms with E-state index in [-0.39, 0.29) is 6.10 Å². The summed E-state index contributed by atoms with van der Waals surface area (Å²) in [4.78, 5) is 0. The number of rotatable bonds is 9. The second kappa shape index (κ2) is 8.76. The highest BCUT2D eigenvalue weighted by Crippen LogP contribution is 2.19. The van der Waals surface area contributed by atoms with Crippen LogP contribution in [-0.2, 0) is 6.42 Å². The molecule has 1 aromatic rings. The van der Waals surface area contributed by atoms with E-state index in [9.17, 15) is 0 Å². The third kappa shape index (κ3) is 6.44. The van der Waals surface area contributed by atoms with Crippen LogP contribution in [0.3, 0.4) is 0 Å². The zero-order valence-electron chi connectivity index (χ0n) is 12.5. The summed E-state index contributed by atoms with van der Waals surface area (Å²) in [6, 6.07) is 8.18. The average Bonchev–Trinajstić information content (AvgIpc) is 2.37. The largest absolute Gasteiger partial charge is 0.489 e. The summed E-state index contributed by atoms with van der Waals surface area (Å²) in [6.45, 7) is 12.3. The van der Waals surface area contributed by atoms with Crippen LogP contribution in [0.15, 0.2) is 36.9 Å². The molecule has 1 N–H and O–H groups in total. The smallest absolute Gasteiger partial charge is 0.123 e. The Kier molecular flexibility index (Phi) is 7.27. The first kappa shape index (κ1) is 15.8. The maximum atomic E-state index is 5.99. The molecule has 106 valence electrons. The highest BCUT2D eigenvalue weighted by Gasteiger charge is 2.07. The van der Waals surface area contributed by atoms with Gasteiger partial charge in [-0.1, -0.05) is 38.1 Å². The molecule has 0 saturated carbocycles. The first-order valence-corrected chi connectivity index (χ1v) is 7.19. The SMILES string of the molecule is C=CCc1ccccc1OC(C)CNCCC(C)C. The molecular formula is C17H27NO. The van der Waals surface area contributed by atoms with Gasteiger partial charge >= 0.3 is 0 Å². The molecule has 0 aliphatic heterocycles. The Morgan fingerprint density at radius 3 is 2.68 bits per heavy atom. The third-order valence-corrected chi connectivity index (χ3v) is 3.00. The molecule has 1 atom stereocenters. The van der Waals surface area contributed by atoms with E-state index in [4.69, 9.17) is 4.74 Å². The highest BCUT2D eigenvalue weighted by atomic mass is 16.5. The minimum atomic E-state index is 0.179. The van der Waals surface area contributed by atoms with Crippen molar-refractivity contribution in [1.29, 1.82) is 0 Å². The molecule has 0 aliphatic rings. The topological polar surface area (TPSA) is 21.3 Å². The summed E-state index contributed by atoms with van der Waals surface area (Å²) in [5, 5.41) is 3.44. The zero-order valence-corrected chi connectivity index (χ0v) is 12.5. The van der Waals surface area contributed by atoms with Crippen molar-refractivity contribution in [3.8, 4) is 5.75 Å². The highest BCUT2D eigenvalue weighted by molar-refractivity contribution is 5.34. The van der Waals surface area contributed by atoms with E-state index in [0.717, 1.165) is 31.2 Å². The Morgan fingerprint density at radius 1 is 1.26 bits per heavy atom. The summed E-state index contributed by atoms with van der Waals surface area (Å²) >= 11 is 0. The molecule has 0 amide bonds. The van der Waals surface area contributed by atoms with Crippen LogP contribution in [0.25, 0.3) is 0 Å². The van der Waals surface area contributed by atoms with Crippen molar-refractivity contribution in [3.05, 3.63) is 42.5 Å². The second-order valence-corrected chi connectivity index (χ2v) is 5.42. The van der Waals surface area contributed by atoms with Gasteiger partial charge in [-0.25, -0.2) is 0 Å². The van der Waals surface area contributed by atoms with E-state index < -0.39 is 0 Å². The third-order valence-electron chi connectivity index (χ3n) is 3.00. The van der Waals surface area contributed by atoms with Crippen molar-refractivity contribution < 1.29 is 4.74 Å². The molecule has 1 aromatic carbocycles. The maximum absolute atomic E-state index is 5.99. The lowest BCUT2D eigenvalue weighted by molar-refractivity contribution is 0.215. The Labute approximate surface area is 117 Å². The maximum Gasteiger partial charge on any atom is 0.123 e. The predicted molar refractivity (Wildman–Crippen MR) is 82.8 cm³/mol. The van der Waals surface area contributed by atoms with Gasteiger partial charge in [0.05, 0.1) is 0 Å². The standard InChI is InChI=1S/C17H27NO/c1-5-8-16-9-6-7-10-17(16)19-15(4)13-18-12-11-14(2)3/h5-7,9-10,14-15,18H,1,8,11-13H2,2-4H3. The number of benzene rings is 1. The van der Waals surface area contributed by atoms with Gasteiger partial charge in [0.15, 0.2) is 0 Å². The normalized spacial score (nSPS) is 12.4. The molecule has 19 heavy (non-hydrogen) atoms. The molecule has 2 heteroatoms. The second-order valence-electron chi connectivity index (χ2n) is 5.42. The molecule has 0 bridgehead atoms. The fourth-order valence-corrected chi connectivity index (χ4v) is 1.90. The number of hydrogen-bond acceptors (Lipinski definition) is 2. The van der Waals surface area contributed by atoms with Gasteiger partial charge in [-0.15, -0.1) is 6.58 Å². The number of allylic oxidation sites excluding steroid dienone is 1. The molecular weight excluding hydrogens is 234 g/mol. The van der Waals surface area contributed by atoms with Crippen molar-refractivity contribution in [2.75, 3.05) is 13.1 Å². The molecule has 1 unspecified atom stereocenters. The van der Waals surface area contributed by atoms with Crippen molar-refractivity contribution in [2.45, 2.75) is 39.7 Å². The lowest BCUT2D eigenvalue weighted by atomic mass is 10.1. The minimum Gasteiger partial charge on any atom is -0.489 e. The van der Waals surface area contributed by atoms with Gasteiger partial charge in [0.1, 0.15) is 11.9 Å². The van der Waals surface area contributed by atoms with Gasteiger partial charge < -0.3 is 10.1 Å². The lowest BCUT2D eigenvalue weighted by Gasteiger charge is -2.18. The van der Waals surface area contributed by atoms with Gasteiger partial charge in [0.25, 0.3) is 0 Å². The first-order chi connectivity index (χ1) is 9.13. The van der Waals surface area contributed by atoms with Gasteiger partial charge in [-0.3, -0.25) is 0 Å². The molecule has 0 fully saturated rings. The number of ether oxygens (including phenoxy) is 1. The first-order valence-electron chi connectivity index (χ1n) is 7.19. The van der Waals surface area contributed by atoms with E-state index in [1.165, 1.54) is 12.0 Å². The van der Waals surface area contributed by atoms with Crippen LogP contribution in [0, 0.1) is 5.92 Å². The van der Waals surface area contributed by atoms with E-state index >= 15 is 0 Å². The Bertz CT molecular complexity index is 373. The van der Waals surface area contributed by atoms with Crippen LogP contribution in [-0.4, -0.2) is 19.2 Å². The number of nitrogens with one attached hydrogen (secondary N) is 1. The average molecular weight is 261 g/mol. The van der Waals surface area contributed by atoms with Crippen LogP contribution in [0.2, 0.25) is 0 Å². The van der Waals surface area contributed by atoms with Crippen LogP contribution in [0.1, 0.15) is 32.8 Å². The predicted octanol–water partition coefficient (Wildman–Crippen LogP) is 3.82. The van der Waals surface area contributed by atoms with Crippen molar-refractivity contribution >= 4 is 0 Å². The number of hydrogen-bond donors (Lipinski definition) is 1. The summed E-state index contributed by atoms with van der Waals surface area (Å²) in [6.07, 6.45) is 4.15. The van der Waals surface area contributed by atoms with Crippen molar-refractivity contribution in [3.63, 3.8) is 0 Å². The molecule has 0 saturated heterocycles. The van der Waals surface area contributed by atoms with E-state index in [1.54, 1.807) is 0 Å². The van der Waals surface area contributed by atoms with Crippen molar-refractivity contribution in [1.82, 2.24) is 5.32 Å². The fourth-order valence-electron chi connectivity index (χ4n) is 1.90. The minimum absolute atomic E-state index is 0.179. The summed E-state index contributed by atoms with van der Waals surface area (Å²) in [5.41, 5.74) is 1.20. The molecule has 0 radical (unpaired) electrons. The van der Waals surface area contributed by atoms with Gasteiger partial charge in [-0.05, 0) is 43.9 Å². The monoisotopic (exact) mass is 261 g/mol. The quantitative estimate of drug-likeness (QED) is 0.539. The van der Waals surface area contributed by atoms with Gasteiger partial charge in [0.2, 0.25) is 0 Å². The summed E-state index contributed by atoms with van der Waals surface area (Å²) < 4.78 is 5.99. The molecule has 0 aromatic heterocycles. The van der Waals surface area contributed by atoms with Crippen LogP contribution >= 0.6 is 0 Å². The van der Waals surface area contributed by atoms with Crippen LogP contribution < -0.4 is 10.1 Å². The Hall–Kier alpha value is -1.28. The fraction of sp³-hybridized carbons (Fsp3) is 0.529. The molecule has 1 rings (SSSR count). The van der Waals surface area contributed by atoms with E-state index in [0.29, 0.717) is 0 Å². The lowest BCUT2D eigenvalue weighted by Crippen LogP contribution is -2.30. The Morgan fingerprint density at radius 2 is 2.00 bits per heavy atom. The summed E-state index contributed by atoms with van der Waals surface area (Å²) in [5.74, 6) is 1.72. The molecule has 0 aliphatic carbocycles. The van der Waals surface area contributed by atoms with E-state index in [2.05, 4.69) is 38.7 Å². The summed E-state index contributed by atoms with van der Waals surface area (Å²) in [7, 11) is 0. The van der Waals surface area contributed by atoms with Crippen molar-refractivity contribution in [2.24, 2.45) is 5.92 Å².